The molecule has 4 aromatic rings. The number of alkyl carbamates (subject to hydrolysis) is 1. The normalized spacial score (nSPS) is 12.7. The van der Waals surface area contributed by atoms with Gasteiger partial charge in [-0.15, -0.1) is 0 Å². The third-order valence-electron chi connectivity index (χ3n) is 10.7. The number of hydrogen-bond acceptors (Lipinski definition) is 12. The van der Waals surface area contributed by atoms with Crippen LogP contribution in [0.5, 0.6) is 0 Å². The van der Waals surface area contributed by atoms with Gasteiger partial charge in [0.2, 0.25) is 0 Å². The number of amides is 2. The Balaban J connectivity index is 0.628. The van der Waals surface area contributed by atoms with Crippen LogP contribution in [-0.2, 0) is 47.4 Å². The number of carbonyl (C=O) groups is 2. The predicted molar refractivity (Wildman–Crippen MR) is 237 cm³/mol. The lowest BCUT2D eigenvalue weighted by molar-refractivity contribution is -0.0233. The highest BCUT2D eigenvalue weighted by Gasteiger charge is 2.30. The van der Waals surface area contributed by atoms with E-state index in [2.05, 4.69) is 53.8 Å². The van der Waals surface area contributed by atoms with E-state index in [9.17, 15) is 9.59 Å². The Morgan fingerprint density at radius 2 is 0.730 bits per heavy atom. The maximum Gasteiger partial charge on any atom is 0.409 e. The Morgan fingerprint density at radius 1 is 0.429 bits per heavy atom. The molecule has 0 radical (unpaired) electrons. The van der Waals surface area contributed by atoms with Crippen molar-refractivity contribution in [3.63, 3.8) is 0 Å². The fourth-order valence-electron chi connectivity index (χ4n) is 7.51. The molecule has 0 unspecified atom stereocenters. The van der Waals surface area contributed by atoms with Crippen LogP contribution in [-0.4, -0.2) is 156 Å². The van der Waals surface area contributed by atoms with E-state index in [-0.39, 0.29) is 24.5 Å². The monoisotopic (exact) mass is 870 g/mol. The lowest BCUT2D eigenvalue weighted by Crippen LogP contribution is -2.32. The number of fused-ring (bicyclic) bond motifs is 6. The van der Waals surface area contributed by atoms with Gasteiger partial charge in [-0.3, -0.25) is 0 Å². The standard InChI is InChI=1S/C49H62N2O12/c1-51(49(53)63-37-47-44-16-8-4-12-40(44)41-13-5-9-17-45(41)47)19-21-55-23-25-57-27-29-59-31-33-61-35-34-60-32-30-58-28-26-56-24-22-54-20-18-50-48(52)62-36-46-42-14-6-2-10-38(42)39-11-3-7-15-43(39)46/h2-17,46-47H,18-37H2,1H3,(H,50,52). The van der Waals surface area contributed by atoms with Gasteiger partial charge >= 0.3 is 12.2 Å². The maximum absolute atomic E-state index is 12.6. The quantitative estimate of drug-likeness (QED) is 0.0550. The number of hydrogen-bond donors (Lipinski definition) is 1. The summed E-state index contributed by atoms with van der Waals surface area (Å²) in [6.07, 6.45) is -0.825. The molecule has 0 heterocycles. The smallest absolute Gasteiger partial charge is 0.409 e. The molecule has 0 aliphatic heterocycles. The molecule has 14 heteroatoms. The van der Waals surface area contributed by atoms with Crippen molar-refractivity contribution in [3.8, 4) is 22.3 Å². The second-order valence-electron chi connectivity index (χ2n) is 14.9. The maximum atomic E-state index is 12.6. The molecule has 63 heavy (non-hydrogen) atoms. The third-order valence-corrected chi connectivity index (χ3v) is 10.7. The van der Waals surface area contributed by atoms with Crippen molar-refractivity contribution in [1.29, 1.82) is 0 Å². The molecule has 4 aromatic carbocycles. The van der Waals surface area contributed by atoms with Crippen molar-refractivity contribution < 1.29 is 57.0 Å². The summed E-state index contributed by atoms with van der Waals surface area (Å²) in [5.74, 6) is 0.0636. The number of likely N-dealkylation sites (N-methyl/N-ethyl adjacent to an activating group) is 1. The zero-order chi connectivity index (χ0) is 43.7. The third kappa shape index (κ3) is 15.1. The Hall–Kier alpha value is -4.90. The molecule has 6 rings (SSSR count). The minimum atomic E-state index is -0.457. The van der Waals surface area contributed by atoms with Gasteiger partial charge in [-0.25, -0.2) is 9.59 Å². The van der Waals surface area contributed by atoms with Gasteiger partial charge in [-0.2, -0.15) is 0 Å². The van der Waals surface area contributed by atoms with Crippen LogP contribution >= 0.6 is 0 Å². The Morgan fingerprint density at radius 3 is 1.10 bits per heavy atom. The van der Waals surface area contributed by atoms with Gasteiger partial charge in [-0.1, -0.05) is 97.1 Å². The summed E-state index contributed by atoms with van der Waals surface area (Å²) in [5, 5.41) is 2.75. The van der Waals surface area contributed by atoms with Gasteiger partial charge in [0.25, 0.3) is 0 Å². The van der Waals surface area contributed by atoms with Gasteiger partial charge in [0.05, 0.1) is 106 Å². The largest absolute Gasteiger partial charge is 0.449 e. The highest BCUT2D eigenvalue weighted by atomic mass is 16.6. The number of nitrogens with one attached hydrogen (secondary N) is 1. The number of rotatable bonds is 31. The van der Waals surface area contributed by atoms with Crippen LogP contribution < -0.4 is 5.32 Å². The van der Waals surface area contributed by atoms with Crippen molar-refractivity contribution >= 4 is 12.2 Å². The first-order chi connectivity index (χ1) is 31.1. The molecule has 0 atom stereocenters. The topological polar surface area (TPSA) is 142 Å². The predicted octanol–water partition coefficient (Wildman–Crippen LogP) is 6.54. The fraction of sp³-hybridized carbons (Fsp3) is 0.469. The molecule has 0 spiro atoms. The van der Waals surface area contributed by atoms with Crippen LogP contribution in [0.1, 0.15) is 34.1 Å². The van der Waals surface area contributed by atoms with Crippen LogP contribution in [0, 0.1) is 0 Å². The van der Waals surface area contributed by atoms with E-state index in [4.69, 9.17) is 47.4 Å². The highest BCUT2D eigenvalue weighted by Crippen LogP contribution is 2.45. The number of nitrogens with zero attached hydrogens (tertiary/aromatic N) is 1. The van der Waals surface area contributed by atoms with Crippen molar-refractivity contribution in [2.75, 3.05) is 139 Å². The zero-order valence-electron chi connectivity index (χ0n) is 36.4. The molecular weight excluding hydrogens is 809 g/mol. The Bertz CT molecular complexity index is 1870. The number of ether oxygens (including phenoxy) is 10. The molecule has 0 aromatic heterocycles. The van der Waals surface area contributed by atoms with Crippen LogP contribution in [0.3, 0.4) is 0 Å². The summed E-state index contributed by atoms with van der Waals surface area (Å²) < 4.78 is 55.6. The van der Waals surface area contributed by atoms with E-state index in [1.165, 1.54) is 49.4 Å². The van der Waals surface area contributed by atoms with Gasteiger partial charge < -0.3 is 57.6 Å². The summed E-state index contributed by atoms with van der Waals surface area (Å²) in [5.41, 5.74) is 9.54. The summed E-state index contributed by atoms with van der Waals surface area (Å²) in [4.78, 5) is 26.4. The zero-order valence-corrected chi connectivity index (χ0v) is 36.4. The molecule has 2 aliphatic rings. The lowest BCUT2D eigenvalue weighted by atomic mass is 9.98. The molecule has 0 saturated heterocycles. The van der Waals surface area contributed by atoms with E-state index < -0.39 is 6.09 Å². The van der Waals surface area contributed by atoms with E-state index in [1.807, 2.05) is 48.5 Å². The van der Waals surface area contributed by atoms with Gasteiger partial charge in [0.15, 0.2) is 0 Å². The van der Waals surface area contributed by atoms with E-state index in [0.717, 1.165) is 0 Å². The lowest BCUT2D eigenvalue weighted by Gasteiger charge is -2.19. The molecule has 1 N–H and O–H groups in total. The Kier molecular flexibility index (Phi) is 20.6. The van der Waals surface area contributed by atoms with Crippen molar-refractivity contribution in [3.05, 3.63) is 119 Å². The van der Waals surface area contributed by atoms with Crippen LogP contribution in [0.25, 0.3) is 22.3 Å². The average molecular weight is 871 g/mol. The first kappa shape index (κ1) is 47.6. The summed E-state index contributed by atoms with van der Waals surface area (Å²) in [7, 11) is 1.71. The summed E-state index contributed by atoms with van der Waals surface area (Å²) >= 11 is 0. The SMILES string of the molecule is CN(CCOCCOCCOCCOCCOCCOCCOCCOCCNC(=O)OCC1c2ccccc2-c2ccccc21)C(=O)OCC1c2ccccc2-c2ccccc21. The number of benzene rings is 4. The summed E-state index contributed by atoms with van der Waals surface area (Å²) in [6, 6.07) is 33.1. The first-order valence-electron chi connectivity index (χ1n) is 21.9. The van der Waals surface area contributed by atoms with E-state index in [1.54, 1.807) is 7.05 Å². The molecule has 14 nitrogen and oxygen atoms in total. The van der Waals surface area contributed by atoms with Gasteiger partial charge in [-0.05, 0) is 44.5 Å². The van der Waals surface area contributed by atoms with Crippen molar-refractivity contribution in [1.82, 2.24) is 10.2 Å². The van der Waals surface area contributed by atoms with E-state index >= 15 is 0 Å². The highest BCUT2D eigenvalue weighted by molar-refractivity contribution is 5.80. The van der Waals surface area contributed by atoms with Crippen LogP contribution in [0.2, 0.25) is 0 Å². The molecule has 0 fully saturated rings. The second kappa shape index (κ2) is 27.3. The first-order valence-corrected chi connectivity index (χ1v) is 21.9. The van der Waals surface area contributed by atoms with Crippen molar-refractivity contribution in [2.24, 2.45) is 0 Å². The van der Waals surface area contributed by atoms with Crippen molar-refractivity contribution in [2.45, 2.75) is 11.8 Å². The molecule has 2 aliphatic carbocycles. The van der Waals surface area contributed by atoms with Crippen LogP contribution in [0.4, 0.5) is 9.59 Å². The minimum Gasteiger partial charge on any atom is -0.449 e. The second-order valence-corrected chi connectivity index (χ2v) is 14.9. The van der Waals surface area contributed by atoms with E-state index in [0.29, 0.717) is 125 Å². The molecular formula is C49H62N2O12. The summed E-state index contributed by atoms with van der Waals surface area (Å²) in [6.45, 7) is 8.44. The number of carbonyl (C=O) groups excluding carboxylic acids is 2. The fourth-order valence-corrected chi connectivity index (χ4v) is 7.51. The molecule has 0 bridgehead atoms. The van der Waals surface area contributed by atoms with Crippen LogP contribution in [0.15, 0.2) is 97.1 Å². The van der Waals surface area contributed by atoms with Gasteiger partial charge in [0, 0.05) is 32.0 Å². The molecule has 2 amide bonds. The molecule has 340 valence electrons. The van der Waals surface area contributed by atoms with Gasteiger partial charge in [0.1, 0.15) is 13.2 Å². The Labute approximate surface area is 370 Å². The minimum absolute atomic E-state index is 0.0310. The molecule has 0 saturated carbocycles. The average Bonchev–Trinajstić information content (AvgIpc) is 3.81.